The molecule has 1 unspecified atom stereocenters. The fraction of sp³-hybridized carbons (Fsp3) is 0.600. The molecule has 0 fully saturated rings. The highest BCUT2D eigenvalue weighted by Gasteiger charge is 2.19. The highest BCUT2D eigenvalue weighted by Crippen LogP contribution is 2.16. The topological polar surface area (TPSA) is 46.2 Å². The molecule has 1 rings (SSSR count). The lowest BCUT2D eigenvalue weighted by Gasteiger charge is -2.14. The van der Waals surface area contributed by atoms with Crippen LogP contribution in [0.2, 0.25) is 0 Å². The molecule has 0 aliphatic heterocycles. The number of para-hydroxylation sites is 1. The molecule has 1 aromatic carbocycles. The van der Waals surface area contributed by atoms with Gasteiger partial charge in [-0.25, -0.2) is 8.42 Å². The molecular formula is C15H25NO2S. The maximum absolute atomic E-state index is 12.1. The Hall–Kier alpha value is -1.03. The number of unbranched alkanes of at least 4 members (excludes halogenated alkanes) is 4. The van der Waals surface area contributed by atoms with Gasteiger partial charge in [-0.3, -0.25) is 4.72 Å². The van der Waals surface area contributed by atoms with Gasteiger partial charge in [-0.15, -0.1) is 0 Å². The van der Waals surface area contributed by atoms with E-state index in [0.29, 0.717) is 5.69 Å². The Labute approximate surface area is 117 Å². The molecule has 4 heteroatoms. The van der Waals surface area contributed by atoms with Gasteiger partial charge >= 0.3 is 0 Å². The lowest BCUT2D eigenvalue weighted by molar-refractivity contribution is 0.563. The van der Waals surface area contributed by atoms with Gasteiger partial charge in [0.2, 0.25) is 10.0 Å². The second-order valence-electron chi connectivity index (χ2n) is 5.03. The largest absolute Gasteiger partial charge is 0.283 e. The molecule has 0 amide bonds. The lowest BCUT2D eigenvalue weighted by Crippen LogP contribution is -2.25. The SMILES string of the molecule is CCCCCCCC(C)S(=O)(=O)Nc1ccccc1. The maximum atomic E-state index is 12.1. The van der Waals surface area contributed by atoms with Crippen LogP contribution in [0.25, 0.3) is 0 Å². The Bertz CT molecular complexity index is 442. The molecular weight excluding hydrogens is 258 g/mol. The summed E-state index contributed by atoms with van der Waals surface area (Å²) in [6.45, 7) is 3.96. The predicted octanol–water partition coefficient (Wildman–Crippen LogP) is 4.18. The third-order valence-corrected chi connectivity index (χ3v) is 5.09. The van der Waals surface area contributed by atoms with Crippen LogP contribution in [0.5, 0.6) is 0 Å². The van der Waals surface area contributed by atoms with E-state index in [0.717, 1.165) is 19.3 Å². The normalized spacial score (nSPS) is 13.2. The van der Waals surface area contributed by atoms with Crippen molar-refractivity contribution >= 4 is 15.7 Å². The molecule has 0 radical (unpaired) electrons. The maximum Gasteiger partial charge on any atom is 0.235 e. The summed E-state index contributed by atoms with van der Waals surface area (Å²) in [5.74, 6) is 0. The van der Waals surface area contributed by atoms with E-state index < -0.39 is 10.0 Å². The number of hydrogen-bond donors (Lipinski definition) is 1. The summed E-state index contributed by atoms with van der Waals surface area (Å²) < 4.78 is 26.9. The summed E-state index contributed by atoms with van der Waals surface area (Å²) in [6, 6.07) is 9.06. The average Bonchev–Trinajstić information content (AvgIpc) is 2.39. The monoisotopic (exact) mass is 283 g/mol. The molecule has 0 saturated carbocycles. The molecule has 1 N–H and O–H groups in total. The van der Waals surface area contributed by atoms with Gasteiger partial charge in [0, 0.05) is 5.69 Å². The Balaban J connectivity index is 2.39. The minimum Gasteiger partial charge on any atom is -0.283 e. The van der Waals surface area contributed by atoms with Crippen molar-refractivity contribution < 1.29 is 8.42 Å². The molecule has 3 nitrogen and oxygen atoms in total. The number of sulfonamides is 1. The van der Waals surface area contributed by atoms with E-state index in [4.69, 9.17) is 0 Å². The molecule has 19 heavy (non-hydrogen) atoms. The molecule has 0 heterocycles. The van der Waals surface area contributed by atoms with Crippen LogP contribution in [0.3, 0.4) is 0 Å². The lowest BCUT2D eigenvalue weighted by atomic mass is 10.1. The van der Waals surface area contributed by atoms with Gasteiger partial charge in [-0.1, -0.05) is 57.2 Å². The fourth-order valence-corrected chi connectivity index (χ4v) is 3.10. The zero-order valence-electron chi connectivity index (χ0n) is 11.9. The molecule has 0 aliphatic carbocycles. The van der Waals surface area contributed by atoms with Crippen molar-refractivity contribution in [3.05, 3.63) is 30.3 Å². The molecule has 1 aromatic rings. The first-order valence-corrected chi connectivity index (χ1v) is 8.67. The van der Waals surface area contributed by atoms with E-state index in [1.165, 1.54) is 19.3 Å². The first-order valence-electron chi connectivity index (χ1n) is 7.13. The first-order chi connectivity index (χ1) is 9.06. The summed E-state index contributed by atoms with van der Waals surface area (Å²) in [5.41, 5.74) is 0.639. The zero-order chi connectivity index (χ0) is 14.1. The number of benzene rings is 1. The molecule has 0 saturated heterocycles. The van der Waals surface area contributed by atoms with E-state index >= 15 is 0 Å². The van der Waals surface area contributed by atoms with Crippen molar-refractivity contribution in [2.24, 2.45) is 0 Å². The smallest absolute Gasteiger partial charge is 0.235 e. The van der Waals surface area contributed by atoms with Gasteiger partial charge in [0.25, 0.3) is 0 Å². The molecule has 0 spiro atoms. The van der Waals surface area contributed by atoms with Crippen LogP contribution in [0.4, 0.5) is 5.69 Å². The van der Waals surface area contributed by atoms with Gasteiger partial charge in [0.1, 0.15) is 0 Å². The second-order valence-corrected chi connectivity index (χ2v) is 7.13. The number of nitrogens with one attached hydrogen (secondary N) is 1. The number of anilines is 1. The van der Waals surface area contributed by atoms with Crippen molar-refractivity contribution in [2.75, 3.05) is 4.72 Å². The Morgan fingerprint density at radius 1 is 1.05 bits per heavy atom. The standard InChI is InChI=1S/C15H25NO2S/c1-3-4-5-6-8-11-14(2)19(17,18)16-15-12-9-7-10-13-15/h7,9-10,12-14,16H,3-6,8,11H2,1-2H3. The van der Waals surface area contributed by atoms with Crippen LogP contribution in [-0.4, -0.2) is 13.7 Å². The Morgan fingerprint density at radius 2 is 1.68 bits per heavy atom. The van der Waals surface area contributed by atoms with Crippen LogP contribution in [0.1, 0.15) is 52.4 Å². The van der Waals surface area contributed by atoms with Gasteiger partial charge < -0.3 is 0 Å². The van der Waals surface area contributed by atoms with Crippen LogP contribution in [0, 0.1) is 0 Å². The van der Waals surface area contributed by atoms with E-state index in [9.17, 15) is 8.42 Å². The quantitative estimate of drug-likeness (QED) is 0.691. The van der Waals surface area contributed by atoms with Gasteiger partial charge in [0.15, 0.2) is 0 Å². The highest BCUT2D eigenvalue weighted by molar-refractivity contribution is 7.93. The minimum atomic E-state index is -3.26. The molecule has 108 valence electrons. The molecule has 0 aromatic heterocycles. The van der Waals surface area contributed by atoms with Gasteiger partial charge in [-0.2, -0.15) is 0 Å². The minimum absolute atomic E-state index is 0.339. The summed E-state index contributed by atoms with van der Waals surface area (Å²) >= 11 is 0. The van der Waals surface area contributed by atoms with Crippen LogP contribution < -0.4 is 4.72 Å². The molecule has 1 atom stereocenters. The highest BCUT2D eigenvalue weighted by atomic mass is 32.2. The summed E-state index contributed by atoms with van der Waals surface area (Å²) in [4.78, 5) is 0. The van der Waals surface area contributed by atoms with Crippen molar-refractivity contribution in [1.29, 1.82) is 0 Å². The summed E-state index contributed by atoms with van der Waals surface area (Å²) in [7, 11) is -3.26. The third-order valence-electron chi connectivity index (χ3n) is 3.28. The number of hydrogen-bond acceptors (Lipinski definition) is 2. The first kappa shape index (κ1) is 16.0. The molecule has 0 bridgehead atoms. The van der Waals surface area contributed by atoms with Crippen molar-refractivity contribution in [3.8, 4) is 0 Å². The summed E-state index contributed by atoms with van der Waals surface area (Å²) in [6.07, 6.45) is 6.49. The predicted molar refractivity (Wildman–Crippen MR) is 81.8 cm³/mol. The third kappa shape index (κ3) is 6.10. The van der Waals surface area contributed by atoms with Gasteiger partial charge in [-0.05, 0) is 25.5 Å². The fourth-order valence-electron chi connectivity index (χ4n) is 1.96. The van der Waals surface area contributed by atoms with Crippen molar-refractivity contribution in [1.82, 2.24) is 0 Å². The van der Waals surface area contributed by atoms with Crippen LogP contribution in [-0.2, 0) is 10.0 Å². The molecule has 0 aliphatic rings. The second kappa shape index (κ2) is 8.20. The summed E-state index contributed by atoms with van der Waals surface area (Å²) in [5, 5.41) is -0.339. The van der Waals surface area contributed by atoms with Gasteiger partial charge in [0.05, 0.1) is 5.25 Å². The van der Waals surface area contributed by atoms with Crippen molar-refractivity contribution in [3.63, 3.8) is 0 Å². The van der Waals surface area contributed by atoms with E-state index in [1.807, 2.05) is 18.2 Å². The van der Waals surface area contributed by atoms with E-state index in [2.05, 4.69) is 11.6 Å². The van der Waals surface area contributed by atoms with E-state index in [1.54, 1.807) is 19.1 Å². The Morgan fingerprint density at radius 3 is 2.32 bits per heavy atom. The van der Waals surface area contributed by atoms with Crippen LogP contribution in [0.15, 0.2) is 30.3 Å². The average molecular weight is 283 g/mol. The van der Waals surface area contributed by atoms with Crippen LogP contribution >= 0.6 is 0 Å². The zero-order valence-corrected chi connectivity index (χ0v) is 12.7. The Kier molecular flexibility index (Phi) is 6.92. The van der Waals surface area contributed by atoms with Crippen molar-refractivity contribution in [2.45, 2.75) is 57.6 Å². The van der Waals surface area contributed by atoms with E-state index in [-0.39, 0.29) is 5.25 Å². The number of rotatable bonds is 9.